The van der Waals surface area contributed by atoms with Crippen molar-refractivity contribution in [3.63, 3.8) is 0 Å². The number of aromatic nitrogens is 5. The van der Waals surface area contributed by atoms with Gasteiger partial charge in [-0.25, -0.2) is 19.9 Å². The van der Waals surface area contributed by atoms with Gasteiger partial charge in [0.25, 0.3) is 0 Å². The number of hydrogen-bond donors (Lipinski definition) is 0. The van der Waals surface area contributed by atoms with E-state index >= 15 is 0 Å². The summed E-state index contributed by atoms with van der Waals surface area (Å²) in [7, 11) is 0. The Hall–Kier alpha value is -8.94. The van der Waals surface area contributed by atoms with Crippen LogP contribution in [0.15, 0.2) is 223 Å². The van der Waals surface area contributed by atoms with Crippen molar-refractivity contribution in [3.8, 4) is 62.4 Å². The van der Waals surface area contributed by atoms with Crippen LogP contribution in [0.5, 0.6) is 0 Å². The molecular formula is C61H42N6O. The molecule has 0 aliphatic carbocycles. The smallest absolute Gasteiger partial charge is 0.227 e. The summed E-state index contributed by atoms with van der Waals surface area (Å²) in [4.78, 5) is 22.6. The second-order valence-electron chi connectivity index (χ2n) is 17.9. The Bertz CT molecular complexity index is 3820. The molecular weight excluding hydrogens is 833 g/mol. The third-order valence-electron chi connectivity index (χ3n) is 13.4. The Morgan fingerprint density at radius 1 is 0.382 bits per heavy atom. The van der Waals surface area contributed by atoms with Crippen molar-refractivity contribution in [3.05, 3.63) is 230 Å². The molecule has 3 aromatic heterocycles. The number of para-hydroxylation sites is 2. The Kier molecular flexibility index (Phi) is 9.05. The summed E-state index contributed by atoms with van der Waals surface area (Å²) in [5, 5.41) is 2.17. The molecule has 1 aliphatic heterocycles. The molecule has 12 aromatic rings. The summed E-state index contributed by atoms with van der Waals surface area (Å²) in [6.45, 7) is 4.69. The molecule has 68 heavy (non-hydrogen) atoms. The van der Waals surface area contributed by atoms with E-state index in [0.29, 0.717) is 23.4 Å². The third kappa shape index (κ3) is 6.50. The molecule has 0 saturated heterocycles. The van der Waals surface area contributed by atoms with Gasteiger partial charge in [0.05, 0.1) is 22.4 Å². The SMILES string of the molecule is CC1(C)c2ccccc2N(c2ccccc2)c2ccc(-c3ccc4c(c3)c3cc5oc(-c6ccccc6)nc5cc3n4-c3cccc(-c4nc(-c5ccccc5)nc(-c5ccccc5)n4)c3)cc21. The molecule has 0 spiro atoms. The van der Waals surface area contributed by atoms with Gasteiger partial charge in [0.15, 0.2) is 23.1 Å². The Morgan fingerprint density at radius 2 is 0.926 bits per heavy atom. The normalized spacial score (nSPS) is 12.9. The van der Waals surface area contributed by atoms with E-state index in [2.05, 4.69) is 151 Å². The lowest BCUT2D eigenvalue weighted by Gasteiger charge is -2.42. The molecule has 1 aliphatic rings. The molecule has 0 bridgehead atoms. The van der Waals surface area contributed by atoms with Gasteiger partial charge in [-0.3, -0.25) is 0 Å². The molecule has 9 aromatic carbocycles. The molecule has 13 rings (SSSR count). The van der Waals surface area contributed by atoms with Gasteiger partial charge in [0.2, 0.25) is 5.89 Å². The lowest BCUT2D eigenvalue weighted by atomic mass is 9.73. The summed E-state index contributed by atoms with van der Waals surface area (Å²) in [6.07, 6.45) is 0. The standard InChI is InChI=1S/C61H42N6O/c1-61(2)49-28-15-16-29-53(49)66(45-25-13-6-14-26-45)54-33-31-43(36-50(54)61)42-30-32-52-47(35-42)48-37-56-51(62-60(68-56)41-22-11-5-12-23-41)38-55(48)67(52)46-27-17-24-44(34-46)59-64-57(39-18-7-3-8-19-39)63-58(65-59)40-20-9-4-10-21-40/h3-38H,1-2H3. The van der Waals surface area contributed by atoms with Gasteiger partial charge in [0.1, 0.15) is 5.52 Å². The van der Waals surface area contributed by atoms with Crippen LogP contribution >= 0.6 is 0 Å². The van der Waals surface area contributed by atoms with E-state index in [-0.39, 0.29) is 5.41 Å². The third-order valence-corrected chi connectivity index (χ3v) is 13.4. The molecule has 7 nitrogen and oxygen atoms in total. The summed E-state index contributed by atoms with van der Waals surface area (Å²) in [5.74, 6) is 2.43. The predicted octanol–water partition coefficient (Wildman–Crippen LogP) is 15.6. The van der Waals surface area contributed by atoms with Crippen molar-refractivity contribution in [2.75, 3.05) is 4.90 Å². The first-order valence-electron chi connectivity index (χ1n) is 23.0. The van der Waals surface area contributed by atoms with Crippen LogP contribution in [0.25, 0.3) is 95.3 Å². The Labute approximate surface area is 393 Å². The number of hydrogen-bond acceptors (Lipinski definition) is 6. The van der Waals surface area contributed by atoms with Gasteiger partial charge in [-0.2, -0.15) is 0 Å². The Morgan fingerprint density at radius 3 is 1.63 bits per heavy atom. The van der Waals surface area contributed by atoms with Crippen LogP contribution in [-0.4, -0.2) is 24.5 Å². The first-order valence-corrected chi connectivity index (χ1v) is 23.0. The van der Waals surface area contributed by atoms with Crippen LogP contribution in [0.3, 0.4) is 0 Å². The average molecular weight is 875 g/mol. The van der Waals surface area contributed by atoms with Gasteiger partial charge in [-0.05, 0) is 101 Å². The van der Waals surface area contributed by atoms with E-state index < -0.39 is 0 Å². The van der Waals surface area contributed by atoms with E-state index in [0.717, 1.165) is 77.7 Å². The minimum absolute atomic E-state index is 0.241. The maximum absolute atomic E-state index is 6.53. The van der Waals surface area contributed by atoms with Crippen molar-refractivity contribution in [2.24, 2.45) is 0 Å². The number of nitrogens with zero attached hydrogens (tertiary/aromatic N) is 6. The van der Waals surface area contributed by atoms with E-state index in [4.69, 9.17) is 24.4 Å². The number of rotatable bonds is 7. The monoisotopic (exact) mass is 874 g/mol. The van der Waals surface area contributed by atoms with Crippen LogP contribution in [0.4, 0.5) is 17.1 Å². The fourth-order valence-corrected chi connectivity index (χ4v) is 10.1. The average Bonchev–Trinajstić information content (AvgIpc) is 3.97. The molecule has 0 saturated carbocycles. The van der Waals surface area contributed by atoms with Crippen molar-refractivity contribution in [2.45, 2.75) is 19.3 Å². The highest BCUT2D eigenvalue weighted by atomic mass is 16.3. The molecule has 0 amide bonds. The number of oxazole rings is 1. The molecule has 0 unspecified atom stereocenters. The minimum atomic E-state index is -0.241. The van der Waals surface area contributed by atoms with Gasteiger partial charge < -0.3 is 13.9 Å². The first kappa shape index (κ1) is 39.4. The van der Waals surface area contributed by atoms with E-state index in [1.165, 1.54) is 22.5 Å². The van der Waals surface area contributed by atoms with Gasteiger partial charge in [0, 0.05) is 49.8 Å². The van der Waals surface area contributed by atoms with Crippen molar-refractivity contribution in [1.82, 2.24) is 24.5 Å². The lowest BCUT2D eigenvalue weighted by molar-refractivity contribution is 0.620. The number of fused-ring (bicyclic) bond motifs is 6. The quantitative estimate of drug-likeness (QED) is 0.159. The predicted molar refractivity (Wildman–Crippen MR) is 276 cm³/mol. The zero-order valence-electron chi connectivity index (χ0n) is 37.4. The molecule has 322 valence electrons. The van der Waals surface area contributed by atoms with Gasteiger partial charge in [-0.15, -0.1) is 0 Å². The molecule has 4 heterocycles. The lowest BCUT2D eigenvalue weighted by Crippen LogP contribution is -2.30. The maximum atomic E-state index is 6.53. The van der Waals surface area contributed by atoms with Crippen LogP contribution in [0.2, 0.25) is 0 Å². The molecule has 0 atom stereocenters. The zero-order chi connectivity index (χ0) is 45.3. The summed E-state index contributed by atoms with van der Waals surface area (Å²) >= 11 is 0. The van der Waals surface area contributed by atoms with Gasteiger partial charge in [-0.1, -0.05) is 153 Å². The van der Waals surface area contributed by atoms with Crippen LogP contribution < -0.4 is 4.90 Å². The van der Waals surface area contributed by atoms with Crippen LogP contribution in [0.1, 0.15) is 25.0 Å². The van der Waals surface area contributed by atoms with E-state index in [1.54, 1.807) is 0 Å². The van der Waals surface area contributed by atoms with E-state index in [1.807, 2.05) is 91.0 Å². The fourth-order valence-electron chi connectivity index (χ4n) is 10.1. The van der Waals surface area contributed by atoms with E-state index in [9.17, 15) is 0 Å². The van der Waals surface area contributed by atoms with Crippen molar-refractivity contribution < 1.29 is 4.42 Å². The largest absolute Gasteiger partial charge is 0.436 e. The first-order chi connectivity index (χ1) is 33.4. The molecule has 7 heteroatoms. The van der Waals surface area contributed by atoms with Crippen LogP contribution in [-0.2, 0) is 5.41 Å². The molecule has 0 fully saturated rings. The second-order valence-corrected chi connectivity index (χ2v) is 17.9. The molecule has 0 N–H and O–H groups in total. The minimum Gasteiger partial charge on any atom is -0.436 e. The number of benzene rings is 9. The zero-order valence-corrected chi connectivity index (χ0v) is 37.4. The highest BCUT2D eigenvalue weighted by Crippen LogP contribution is 2.52. The maximum Gasteiger partial charge on any atom is 0.227 e. The summed E-state index contributed by atoms with van der Waals surface area (Å²) < 4.78 is 8.86. The van der Waals surface area contributed by atoms with Crippen LogP contribution in [0, 0.1) is 0 Å². The fraction of sp³-hybridized carbons (Fsp3) is 0.0492. The van der Waals surface area contributed by atoms with Gasteiger partial charge >= 0.3 is 0 Å². The molecule has 0 radical (unpaired) electrons. The number of anilines is 3. The van der Waals surface area contributed by atoms with Crippen molar-refractivity contribution >= 4 is 50.0 Å². The highest BCUT2D eigenvalue weighted by Gasteiger charge is 2.37. The summed E-state index contributed by atoms with van der Waals surface area (Å²) in [6, 6.07) is 76.3. The highest BCUT2D eigenvalue weighted by molar-refractivity contribution is 6.13. The van der Waals surface area contributed by atoms with Crippen molar-refractivity contribution in [1.29, 1.82) is 0 Å². The topological polar surface area (TPSA) is 72.9 Å². The summed E-state index contributed by atoms with van der Waals surface area (Å²) in [5.41, 5.74) is 16.4. The second kappa shape index (κ2) is 15.6. The Balaban J connectivity index is 0.993.